The second-order valence-electron chi connectivity index (χ2n) is 3.94. The summed E-state index contributed by atoms with van der Waals surface area (Å²) in [6, 6.07) is 2.12. The van der Waals surface area contributed by atoms with Gasteiger partial charge in [-0.2, -0.15) is 16.9 Å². The summed E-state index contributed by atoms with van der Waals surface area (Å²) in [6.07, 6.45) is 4.37. The van der Waals surface area contributed by atoms with Gasteiger partial charge < -0.3 is 5.11 Å². The van der Waals surface area contributed by atoms with Gasteiger partial charge in [0.2, 0.25) is 0 Å². The van der Waals surface area contributed by atoms with Crippen molar-refractivity contribution in [2.75, 3.05) is 12.0 Å². The van der Waals surface area contributed by atoms with Crippen LogP contribution >= 0.6 is 11.8 Å². The van der Waals surface area contributed by atoms with Gasteiger partial charge in [0.25, 0.3) is 0 Å². The summed E-state index contributed by atoms with van der Waals surface area (Å²) in [6.45, 7) is 5.07. The minimum Gasteiger partial charge on any atom is -0.393 e. The van der Waals surface area contributed by atoms with E-state index < -0.39 is 0 Å². The van der Waals surface area contributed by atoms with Gasteiger partial charge in [-0.25, -0.2) is 0 Å². The molecule has 0 aliphatic heterocycles. The molecule has 0 bridgehead atoms. The molecule has 0 amide bonds. The normalized spacial score (nSPS) is 13.0. The molecule has 0 radical (unpaired) electrons. The molecule has 1 atom stereocenters. The second kappa shape index (κ2) is 6.97. The van der Waals surface area contributed by atoms with E-state index in [1.807, 2.05) is 4.68 Å². The van der Waals surface area contributed by atoms with Crippen LogP contribution in [-0.4, -0.2) is 33.0 Å². The van der Waals surface area contributed by atoms with Crippen LogP contribution in [0, 0.1) is 0 Å². The molecule has 0 spiro atoms. The molecule has 0 fully saturated rings. The maximum Gasteiger partial charge on any atom is 0.0624 e. The number of hydrogen-bond donors (Lipinski definition) is 1. The van der Waals surface area contributed by atoms with Crippen molar-refractivity contribution in [2.45, 2.75) is 45.8 Å². The van der Waals surface area contributed by atoms with Crippen molar-refractivity contribution in [3.05, 3.63) is 17.5 Å². The number of nitrogens with zero attached hydrogens (tertiary/aromatic N) is 2. The summed E-state index contributed by atoms with van der Waals surface area (Å²) in [4.78, 5) is 0. The topological polar surface area (TPSA) is 38.0 Å². The van der Waals surface area contributed by atoms with Gasteiger partial charge in [-0.3, -0.25) is 4.68 Å². The molecule has 4 heteroatoms. The standard InChI is InChI=1S/C12H22N2OS/c1-4-10-8-11(14(5-2)13-10)9-12(15)6-7-16-3/h8,12,15H,4-7,9H2,1-3H3. The van der Waals surface area contributed by atoms with Crippen molar-refractivity contribution in [3.63, 3.8) is 0 Å². The number of aliphatic hydroxyl groups is 1. The quantitative estimate of drug-likeness (QED) is 0.796. The first kappa shape index (κ1) is 13.6. The molecule has 0 aromatic carbocycles. The van der Waals surface area contributed by atoms with Crippen LogP contribution < -0.4 is 0 Å². The molecule has 16 heavy (non-hydrogen) atoms. The summed E-state index contributed by atoms with van der Waals surface area (Å²) < 4.78 is 2.00. The third-order valence-corrected chi connectivity index (χ3v) is 3.32. The Hall–Kier alpha value is -0.480. The molecule has 3 nitrogen and oxygen atoms in total. The first-order valence-electron chi connectivity index (χ1n) is 5.93. The summed E-state index contributed by atoms with van der Waals surface area (Å²) in [5.41, 5.74) is 2.28. The van der Waals surface area contributed by atoms with Crippen LogP contribution in [0.15, 0.2) is 6.07 Å². The molecule has 1 rings (SSSR count). The highest BCUT2D eigenvalue weighted by molar-refractivity contribution is 7.98. The number of aryl methyl sites for hydroxylation is 2. The molecule has 1 unspecified atom stereocenters. The molecule has 1 aromatic heterocycles. The fourth-order valence-electron chi connectivity index (χ4n) is 1.72. The number of thioether (sulfide) groups is 1. The molecule has 0 saturated heterocycles. The molecule has 1 N–H and O–H groups in total. The van der Waals surface area contributed by atoms with Crippen LogP contribution in [-0.2, 0) is 19.4 Å². The predicted octanol–water partition coefficient (Wildman–Crippen LogP) is 2.12. The monoisotopic (exact) mass is 242 g/mol. The summed E-state index contributed by atoms with van der Waals surface area (Å²) in [7, 11) is 0. The van der Waals surface area contributed by atoms with Crippen LogP contribution in [0.5, 0.6) is 0 Å². The second-order valence-corrected chi connectivity index (χ2v) is 4.92. The number of aliphatic hydroxyl groups excluding tert-OH is 1. The van der Waals surface area contributed by atoms with Crippen molar-refractivity contribution in [2.24, 2.45) is 0 Å². The highest BCUT2D eigenvalue weighted by Crippen LogP contribution is 2.11. The van der Waals surface area contributed by atoms with E-state index in [2.05, 4.69) is 31.3 Å². The zero-order chi connectivity index (χ0) is 12.0. The van der Waals surface area contributed by atoms with Gasteiger partial charge in [0.05, 0.1) is 11.8 Å². The van der Waals surface area contributed by atoms with Crippen LogP contribution in [0.2, 0.25) is 0 Å². The Morgan fingerprint density at radius 2 is 2.25 bits per heavy atom. The molecule has 0 aliphatic carbocycles. The van der Waals surface area contributed by atoms with E-state index in [0.717, 1.165) is 42.9 Å². The molecule has 0 saturated carbocycles. The van der Waals surface area contributed by atoms with Gasteiger partial charge in [-0.05, 0) is 37.8 Å². The highest BCUT2D eigenvalue weighted by atomic mass is 32.2. The third kappa shape index (κ3) is 3.83. The number of hydrogen-bond acceptors (Lipinski definition) is 3. The van der Waals surface area contributed by atoms with E-state index in [1.165, 1.54) is 0 Å². The van der Waals surface area contributed by atoms with Crippen molar-refractivity contribution in [1.29, 1.82) is 0 Å². The van der Waals surface area contributed by atoms with E-state index in [9.17, 15) is 5.11 Å². The van der Waals surface area contributed by atoms with E-state index in [-0.39, 0.29) is 6.10 Å². The Bertz CT molecular complexity index is 312. The summed E-state index contributed by atoms with van der Waals surface area (Å²) in [5.74, 6) is 1.02. The van der Waals surface area contributed by atoms with Crippen molar-refractivity contribution >= 4 is 11.8 Å². The van der Waals surface area contributed by atoms with E-state index >= 15 is 0 Å². The first-order chi connectivity index (χ1) is 7.71. The Kier molecular flexibility index (Phi) is 5.91. The largest absolute Gasteiger partial charge is 0.393 e. The Balaban J connectivity index is 2.60. The average Bonchev–Trinajstić information content (AvgIpc) is 2.68. The van der Waals surface area contributed by atoms with Crippen molar-refractivity contribution in [3.8, 4) is 0 Å². The molecular weight excluding hydrogens is 220 g/mol. The average molecular weight is 242 g/mol. The summed E-state index contributed by atoms with van der Waals surface area (Å²) >= 11 is 1.78. The molecule has 0 aliphatic rings. The molecule has 92 valence electrons. The van der Waals surface area contributed by atoms with Gasteiger partial charge >= 0.3 is 0 Å². The lowest BCUT2D eigenvalue weighted by atomic mass is 10.1. The minimum atomic E-state index is -0.237. The number of aromatic nitrogens is 2. The van der Waals surface area contributed by atoms with Crippen LogP contribution in [0.4, 0.5) is 0 Å². The third-order valence-electron chi connectivity index (χ3n) is 2.68. The maximum absolute atomic E-state index is 9.88. The Morgan fingerprint density at radius 3 is 2.81 bits per heavy atom. The van der Waals surface area contributed by atoms with Gasteiger partial charge in [-0.1, -0.05) is 6.92 Å². The Labute approximate surface area is 102 Å². The SMILES string of the molecule is CCc1cc(CC(O)CCSC)n(CC)n1. The Morgan fingerprint density at radius 1 is 1.50 bits per heavy atom. The lowest BCUT2D eigenvalue weighted by molar-refractivity contribution is 0.169. The van der Waals surface area contributed by atoms with Crippen LogP contribution in [0.25, 0.3) is 0 Å². The smallest absolute Gasteiger partial charge is 0.0624 e. The van der Waals surface area contributed by atoms with E-state index in [0.29, 0.717) is 0 Å². The minimum absolute atomic E-state index is 0.237. The number of rotatable bonds is 7. The highest BCUT2D eigenvalue weighted by Gasteiger charge is 2.11. The van der Waals surface area contributed by atoms with Gasteiger partial charge in [0.1, 0.15) is 0 Å². The van der Waals surface area contributed by atoms with Gasteiger partial charge in [0, 0.05) is 18.7 Å². The lowest BCUT2D eigenvalue weighted by Gasteiger charge is -2.10. The summed E-state index contributed by atoms with van der Waals surface area (Å²) in [5, 5.41) is 14.4. The first-order valence-corrected chi connectivity index (χ1v) is 7.33. The van der Waals surface area contributed by atoms with E-state index in [1.54, 1.807) is 11.8 Å². The zero-order valence-corrected chi connectivity index (χ0v) is 11.3. The van der Waals surface area contributed by atoms with Crippen LogP contribution in [0.1, 0.15) is 31.7 Å². The zero-order valence-electron chi connectivity index (χ0n) is 10.4. The van der Waals surface area contributed by atoms with E-state index in [4.69, 9.17) is 0 Å². The lowest BCUT2D eigenvalue weighted by Crippen LogP contribution is -2.15. The molecule has 1 heterocycles. The van der Waals surface area contributed by atoms with Crippen LogP contribution in [0.3, 0.4) is 0 Å². The predicted molar refractivity (Wildman–Crippen MR) is 70.0 cm³/mol. The fraction of sp³-hybridized carbons (Fsp3) is 0.750. The van der Waals surface area contributed by atoms with Gasteiger partial charge in [0.15, 0.2) is 0 Å². The maximum atomic E-state index is 9.88. The molecule has 1 aromatic rings. The molecular formula is C12H22N2OS. The van der Waals surface area contributed by atoms with Crippen molar-refractivity contribution < 1.29 is 5.11 Å². The van der Waals surface area contributed by atoms with Crippen molar-refractivity contribution in [1.82, 2.24) is 9.78 Å². The fourth-order valence-corrected chi connectivity index (χ4v) is 2.23. The van der Waals surface area contributed by atoms with Gasteiger partial charge in [-0.15, -0.1) is 0 Å².